The number of hydrogen-bond donors (Lipinski definition) is 0. The summed E-state index contributed by atoms with van der Waals surface area (Å²) in [6, 6.07) is 5.69. The second kappa shape index (κ2) is 5.08. The minimum Gasteiger partial charge on any atom is -0.294 e. The number of hydrogen-bond acceptors (Lipinski definition) is 4. The quantitative estimate of drug-likeness (QED) is 0.681. The molecule has 0 N–H and O–H groups in total. The maximum atomic E-state index is 11.6. The van der Waals surface area contributed by atoms with Gasteiger partial charge in [0.1, 0.15) is 0 Å². The minimum absolute atomic E-state index is 0.0920. The highest BCUT2D eigenvalue weighted by Crippen LogP contribution is 2.42. The monoisotopic (exact) mass is 439 g/mol. The van der Waals surface area contributed by atoms with Crippen LogP contribution < -0.4 is 0 Å². The third-order valence-corrected chi connectivity index (χ3v) is 5.28. The van der Waals surface area contributed by atoms with Gasteiger partial charge in [-0.1, -0.05) is 31.9 Å². The number of aromatic nitrogens is 3. The molecule has 9 heteroatoms. The van der Waals surface area contributed by atoms with Crippen LogP contribution in [0.5, 0.6) is 0 Å². The van der Waals surface area contributed by atoms with Crippen LogP contribution in [-0.2, 0) is 9.05 Å². The molecule has 1 aliphatic carbocycles. The smallest absolute Gasteiger partial charge is 0.294 e. The topological polar surface area (TPSA) is 64.8 Å². The highest BCUT2D eigenvalue weighted by Gasteiger charge is 2.34. The van der Waals surface area contributed by atoms with Crippen LogP contribution >= 0.6 is 42.5 Å². The van der Waals surface area contributed by atoms with Gasteiger partial charge in [-0.2, -0.15) is 0 Å². The van der Waals surface area contributed by atoms with Crippen molar-refractivity contribution in [3.63, 3.8) is 0 Å². The first-order valence-electron chi connectivity index (χ1n) is 5.73. The Kier molecular flexibility index (Phi) is 3.68. The van der Waals surface area contributed by atoms with Gasteiger partial charge in [0, 0.05) is 31.2 Å². The molecule has 0 aliphatic heterocycles. The first kappa shape index (κ1) is 14.5. The SMILES string of the molecule is O=S(=O)(Cl)c1nnc(-c2cc(Br)ccc2Br)n1C1CC1. The van der Waals surface area contributed by atoms with Crippen molar-refractivity contribution in [2.24, 2.45) is 0 Å². The van der Waals surface area contributed by atoms with Gasteiger partial charge in [0.15, 0.2) is 5.82 Å². The second-order valence-electron chi connectivity index (χ2n) is 4.47. The summed E-state index contributed by atoms with van der Waals surface area (Å²) in [7, 11) is 1.52. The number of nitrogens with zero attached hydrogens (tertiary/aromatic N) is 3. The Hall–Kier alpha value is -0.440. The molecule has 1 aliphatic rings. The minimum atomic E-state index is -3.91. The lowest BCUT2D eigenvalue weighted by Gasteiger charge is -2.09. The first-order valence-corrected chi connectivity index (χ1v) is 9.62. The van der Waals surface area contributed by atoms with E-state index in [-0.39, 0.29) is 11.2 Å². The van der Waals surface area contributed by atoms with E-state index in [1.54, 1.807) is 4.57 Å². The predicted molar refractivity (Wildman–Crippen MR) is 82.2 cm³/mol. The van der Waals surface area contributed by atoms with Crippen molar-refractivity contribution in [1.82, 2.24) is 14.8 Å². The van der Waals surface area contributed by atoms with Crippen molar-refractivity contribution in [2.45, 2.75) is 24.0 Å². The van der Waals surface area contributed by atoms with Gasteiger partial charge in [-0.15, -0.1) is 10.2 Å². The molecule has 0 radical (unpaired) electrons. The van der Waals surface area contributed by atoms with Crippen molar-refractivity contribution in [3.05, 3.63) is 27.1 Å². The van der Waals surface area contributed by atoms with Gasteiger partial charge in [-0.05, 0) is 31.0 Å². The molecule has 1 fully saturated rings. The molecule has 0 atom stereocenters. The van der Waals surface area contributed by atoms with Crippen molar-refractivity contribution in [1.29, 1.82) is 0 Å². The Morgan fingerprint density at radius 1 is 1.25 bits per heavy atom. The van der Waals surface area contributed by atoms with E-state index >= 15 is 0 Å². The lowest BCUT2D eigenvalue weighted by atomic mass is 10.2. The second-order valence-corrected chi connectivity index (χ2v) is 8.70. The van der Waals surface area contributed by atoms with Crippen LogP contribution in [0, 0.1) is 0 Å². The summed E-state index contributed by atoms with van der Waals surface area (Å²) in [6.45, 7) is 0. The summed E-state index contributed by atoms with van der Waals surface area (Å²) in [4.78, 5) is 0. The van der Waals surface area contributed by atoms with Gasteiger partial charge in [-0.25, -0.2) is 8.42 Å². The van der Waals surface area contributed by atoms with Gasteiger partial charge in [0.2, 0.25) is 0 Å². The fraction of sp³-hybridized carbons (Fsp3) is 0.273. The molecule has 0 unspecified atom stereocenters. The summed E-state index contributed by atoms with van der Waals surface area (Å²) in [6.07, 6.45) is 1.80. The Labute approximate surface area is 137 Å². The van der Waals surface area contributed by atoms with Crippen LogP contribution in [0.3, 0.4) is 0 Å². The van der Waals surface area contributed by atoms with E-state index in [2.05, 4.69) is 42.1 Å². The zero-order valence-corrected chi connectivity index (χ0v) is 14.7. The van der Waals surface area contributed by atoms with Crippen LogP contribution in [0.1, 0.15) is 18.9 Å². The fourth-order valence-corrected chi connectivity index (χ4v) is 3.67. The molecular formula is C11H8Br2ClN3O2S. The van der Waals surface area contributed by atoms with E-state index in [0.29, 0.717) is 5.82 Å². The Morgan fingerprint density at radius 3 is 2.55 bits per heavy atom. The standard InChI is InChI=1S/C11H8Br2ClN3O2S/c12-6-1-4-9(13)8(5-6)10-15-16-11(20(14,18)19)17(10)7-2-3-7/h1,4-5,7H,2-3H2. The molecule has 20 heavy (non-hydrogen) atoms. The number of halogens is 3. The average Bonchev–Trinajstić information content (AvgIpc) is 3.09. The Bertz CT molecular complexity index is 787. The van der Waals surface area contributed by atoms with E-state index in [1.165, 1.54) is 0 Å². The van der Waals surface area contributed by atoms with Gasteiger partial charge in [0.25, 0.3) is 14.2 Å². The van der Waals surface area contributed by atoms with Crippen molar-refractivity contribution in [3.8, 4) is 11.4 Å². The molecule has 1 aromatic heterocycles. The van der Waals surface area contributed by atoms with Gasteiger partial charge >= 0.3 is 0 Å². The number of benzene rings is 1. The van der Waals surface area contributed by atoms with Crippen LogP contribution in [-0.4, -0.2) is 23.2 Å². The number of rotatable bonds is 3. The third-order valence-electron chi connectivity index (χ3n) is 2.96. The summed E-state index contributed by atoms with van der Waals surface area (Å²) in [5.74, 6) is 0.500. The zero-order chi connectivity index (χ0) is 14.5. The molecular weight excluding hydrogens is 433 g/mol. The van der Waals surface area contributed by atoms with E-state index in [1.807, 2.05) is 18.2 Å². The van der Waals surface area contributed by atoms with E-state index < -0.39 is 9.05 Å². The molecule has 0 amide bonds. The maximum Gasteiger partial charge on any atom is 0.296 e. The summed E-state index contributed by atoms with van der Waals surface area (Å²) in [5, 5.41) is 7.58. The highest BCUT2D eigenvalue weighted by atomic mass is 79.9. The van der Waals surface area contributed by atoms with Gasteiger partial charge < -0.3 is 0 Å². The van der Waals surface area contributed by atoms with Crippen LogP contribution in [0.15, 0.2) is 32.3 Å². The molecule has 1 saturated carbocycles. The summed E-state index contributed by atoms with van der Waals surface area (Å²) in [5.41, 5.74) is 0.769. The first-order chi connectivity index (χ1) is 9.38. The van der Waals surface area contributed by atoms with Crippen molar-refractivity contribution < 1.29 is 8.42 Å². The van der Waals surface area contributed by atoms with Crippen molar-refractivity contribution in [2.75, 3.05) is 0 Å². The average molecular weight is 442 g/mol. The molecule has 2 aromatic rings. The zero-order valence-electron chi connectivity index (χ0n) is 9.92. The lowest BCUT2D eigenvalue weighted by Crippen LogP contribution is -2.06. The van der Waals surface area contributed by atoms with Crippen LogP contribution in [0.25, 0.3) is 11.4 Å². The molecule has 1 heterocycles. The molecule has 3 rings (SSSR count). The molecule has 0 spiro atoms. The Morgan fingerprint density at radius 2 is 1.95 bits per heavy atom. The maximum absolute atomic E-state index is 11.6. The summed E-state index contributed by atoms with van der Waals surface area (Å²) < 4.78 is 26.5. The van der Waals surface area contributed by atoms with Gasteiger partial charge in [-0.3, -0.25) is 4.57 Å². The van der Waals surface area contributed by atoms with E-state index in [4.69, 9.17) is 10.7 Å². The Balaban J connectivity index is 2.25. The summed E-state index contributed by atoms with van der Waals surface area (Å²) >= 11 is 6.84. The third kappa shape index (κ3) is 2.66. The molecule has 5 nitrogen and oxygen atoms in total. The van der Waals surface area contributed by atoms with Gasteiger partial charge in [0.05, 0.1) is 0 Å². The van der Waals surface area contributed by atoms with Crippen LogP contribution in [0.4, 0.5) is 0 Å². The molecule has 106 valence electrons. The van der Waals surface area contributed by atoms with Crippen LogP contribution in [0.2, 0.25) is 0 Å². The molecule has 1 aromatic carbocycles. The normalized spacial score (nSPS) is 15.6. The lowest BCUT2D eigenvalue weighted by molar-refractivity contribution is 0.579. The van der Waals surface area contributed by atoms with E-state index in [0.717, 1.165) is 27.4 Å². The largest absolute Gasteiger partial charge is 0.296 e. The molecule has 0 saturated heterocycles. The predicted octanol–water partition coefficient (Wildman–Crippen LogP) is 3.73. The van der Waals surface area contributed by atoms with Crippen molar-refractivity contribution >= 4 is 51.6 Å². The highest BCUT2D eigenvalue weighted by molar-refractivity contribution is 9.11. The fourth-order valence-electron chi connectivity index (χ4n) is 1.96. The van der Waals surface area contributed by atoms with E-state index in [9.17, 15) is 8.42 Å². The molecule has 0 bridgehead atoms.